The van der Waals surface area contributed by atoms with Gasteiger partial charge in [0.1, 0.15) is 0 Å². The fraction of sp³-hybridized carbons (Fsp3) is 0.714. The van der Waals surface area contributed by atoms with Crippen LogP contribution in [0.4, 0.5) is 0 Å². The van der Waals surface area contributed by atoms with E-state index in [4.69, 9.17) is 5.73 Å². The highest BCUT2D eigenvalue weighted by Crippen LogP contribution is 2.12. The topological polar surface area (TPSA) is 67.4 Å². The maximum atomic E-state index is 12.3. The number of nitrogens with zero attached hydrogens (tertiary/aromatic N) is 4. The standard InChI is InChI=1S/C14H25N5O/c1-3-4-13(9-15)18-5-7-19(8-6-18)14(20)12-10-16-17(2)11-12/h10-11,13H,3-9,15H2,1-2H3. The van der Waals surface area contributed by atoms with E-state index in [1.165, 1.54) is 0 Å². The van der Waals surface area contributed by atoms with E-state index in [0.717, 1.165) is 39.0 Å². The van der Waals surface area contributed by atoms with Crippen molar-refractivity contribution < 1.29 is 4.79 Å². The van der Waals surface area contributed by atoms with Gasteiger partial charge in [-0.1, -0.05) is 13.3 Å². The van der Waals surface area contributed by atoms with Gasteiger partial charge in [-0.25, -0.2) is 0 Å². The molecule has 0 bridgehead atoms. The van der Waals surface area contributed by atoms with Gasteiger partial charge in [0.2, 0.25) is 0 Å². The van der Waals surface area contributed by atoms with E-state index in [9.17, 15) is 4.79 Å². The van der Waals surface area contributed by atoms with Gasteiger partial charge in [0, 0.05) is 52.0 Å². The maximum absolute atomic E-state index is 12.3. The monoisotopic (exact) mass is 279 g/mol. The Morgan fingerprint density at radius 3 is 2.60 bits per heavy atom. The highest BCUT2D eigenvalue weighted by Gasteiger charge is 2.26. The highest BCUT2D eigenvalue weighted by atomic mass is 16.2. The van der Waals surface area contributed by atoms with Crippen LogP contribution in [-0.4, -0.2) is 64.3 Å². The molecule has 1 aliphatic heterocycles. The molecule has 0 aromatic carbocycles. The van der Waals surface area contributed by atoms with Crippen LogP contribution in [0.1, 0.15) is 30.1 Å². The number of amides is 1. The summed E-state index contributed by atoms with van der Waals surface area (Å²) < 4.78 is 1.66. The van der Waals surface area contributed by atoms with Gasteiger partial charge in [-0.3, -0.25) is 14.4 Å². The van der Waals surface area contributed by atoms with Crippen LogP contribution in [0.5, 0.6) is 0 Å². The van der Waals surface area contributed by atoms with E-state index in [0.29, 0.717) is 18.2 Å². The number of carbonyl (C=O) groups excluding carboxylic acids is 1. The Morgan fingerprint density at radius 2 is 2.10 bits per heavy atom. The highest BCUT2D eigenvalue weighted by molar-refractivity contribution is 5.93. The van der Waals surface area contributed by atoms with Crippen LogP contribution >= 0.6 is 0 Å². The molecule has 0 radical (unpaired) electrons. The van der Waals surface area contributed by atoms with Gasteiger partial charge in [0.25, 0.3) is 5.91 Å². The van der Waals surface area contributed by atoms with Crippen molar-refractivity contribution in [2.75, 3.05) is 32.7 Å². The summed E-state index contributed by atoms with van der Waals surface area (Å²) in [5.74, 6) is 0.0811. The van der Waals surface area contributed by atoms with Gasteiger partial charge in [0.15, 0.2) is 0 Å². The van der Waals surface area contributed by atoms with Gasteiger partial charge in [-0.15, -0.1) is 0 Å². The molecular formula is C14H25N5O. The third-order valence-electron chi connectivity index (χ3n) is 3.96. The van der Waals surface area contributed by atoms with Crippen molar-refractivity contribution in [2.45, 2.75) is 25.8 Å². The first-order valence-corrected chi connectivity index (χ1v) is 7.37. The van der Waals surface area contributed by atoms with Gasteiger partial charge >= 0.3 is 0 Å². The summed E-state index contributed by atoms with van der Waals surface area (Å²) in [5.41, 5.74) is 6.52. The molecule has 1 fully saturated rings. The molecule has 2 N–H and O–H groups in total. The lowest BCUT2D eigenvalue weighted by Crippen LogP contribution is -2.53. The lowest BCUT2D eigenvalue weighted by atomic mass is 10.1. The molecule has 1 aromatic rings. The SMILES string of the molecule is CCCC(CN)N1CCN(C(=O)c2cnn(C)c2)CC1. The van der Waals surface area contributed by atoms with Crippen LogP contribution in [-0.2, 0) is 7.05 Å². The number of aryl methyl sites for hydroxylation is 1. The molecule has 1 aliphatic rings. The summed E-state index contributed by atoms with van der Waals surface area (Å²) in [7, 11) is 1.82. The van der Waals surface area contributed by atoms with Crippen LogP contribution in [0, 0.1) is 0 Å². The molecule has 1 amide bonds. The van der Waals surface area contributed by atoms with E-state index in [2.05, 4.69) is 16.9 Å². The Kier molecular flexibility index (Phi) is 5.14. The zero-order valence-corrected chi connectivity index (χ0v) is 12.5. The molecule has 6 heteroatoms. The molecule has 6 nitrogen and oxygen atoms in total. The fourth-order valence-electron chi connectivity index (χ4n) is 2.79. The zero-order valence-electron chi connectivity index (χ0n) is 12.5. The molecule has 2 heterocycles. The lowest BCUT2D eigenvalue weighted by molar-refractivity contribution is 0.0566. The minimum absolute atomic E-state index is 0.0811. The molecule has 112 valence electrons. The quantitative estimate of drug-likeness (QED) is 0.842. The van der Waals surface area contributed by atoms with Crippen molar-refractivity contribution in [3.8, 4) is 0 Å². The van der Waals surface area contributed by atoms with E-state index < -0.39 is 0 Å². The second-order valence-corrected chi connectivity index (χ2v) is 5.41. The average molecular weight is 279 g/mol. The predicted octanol–water partition coefficient (Wildman–Crippen LogP) is 0.305. The molecule has 0 aliphatic carbocycles. The number of hydrogen-bond acceptors (Lipinski definition) is 4. The first-order chi connectivity index (χ1) is 9.65. The number of nitrogens with two attached hydrogens (primary N) is 1. The maximum Gasteiger partial charge on any atom is 0.257 e. The Balaban J connectivity index is 1.89. The van der Waals surface area contributed by atoms with E-state index >= 15 is 0 Å². The summed E-state index contributed by atoms with van der Waals surface area (Å²) >= 11 is 0. The smallest absolute Gasteiger partial charge is 0.257 e. The summed E-state index contributed by atoms with van der Waals surface area (Å²) in [5, 5.41) is 4.06. The molecule has 20 heavy (non-hydrogen) atoms. The minimum Gasteiger partial charge on any atom is -0.336 e. The van der Waals surface area contributed by atoms with Crippen LogP contribution in [0.3, 0.4) is 0 Å². The predicted molar refractivity (Wildman–Crippen MR) is 78.4 cm³/mol. The lowest BCUT2D eigenvalue weighted by Gasteiger charge is -2.38. The number of rotatable bonds is 5. The van der Waals surface area contributed by atoms with Gasteiger partial charge in [-0.2, -0.15) is 5.10 Å². The van der Waals surface area contributed by atoms with Crippen LogP contribution < -0.4 is 5.73 Å². The van der Waals surface area contributed by atoms with Crippen molar-refractivity contribution >= 4 is 5.91 Å². The molecule has 0 saturated carbocycles. The molecule has 1 saturated heterocycles. The third-order valence-corrected chi connectivity index (χ3v) is 3.96. The van der Waals surface area contributed by atoms with E-state index in [1.54, 1.807) is 17.1 Å². The normalized spacial score (nSPS) is 18.2. The Hall–Kier alpha value is -1.40. The first kappa shape index (κ1) is 15.0. The summed E-state index contributed by atoms with van der Waals surface area (Å²) in [4.78, 5) is 16.6. The average Bonchev–Trinajstić information content (AvgIpc) is 2.91. The van der Waals surface area contributed by atoms with Crippen molar-refractivity contribution in [1.82, 2.24) is 19.6 Å². The number of hydrogen-bond donors (Lipinski definition) is 1. The number of piperazine rings is 1. The van der Waals surface area contributed by atoms with Crippen molar-refractivity contribution in [3.05, 3.63) is 18.0 Å². The third kappa shape index (κ3) is 3.37. The fourth-order valence-corrected chi connectivity index (χ4v) is 2.79. The second-order valence-electron chi connectivity index (χ2n) is 5.41. The number of aromatic nitrogens is 2. The van der Waals surface area contributed by atoms with Crippen LogP contribution in [0.2, 0.25) is 0 Å². The molecular weight excluding hydrogens is 254 g/mol. The van der Waals surface area contributed by atoms with Gasteiger partial charge < -0.3 is 10.6 Å². The first-order valence-electron chi connectivity index (χ1n) is 7.37. The zero-order chi connectivity index (χ0) is 14.5. The Labute approximate surface area is 120 Å². The van der Waals surface area contributed by atoms with E-state index in [1.807, 2.05) is 11.9 Å². The molecule has 1 unspecified atom stereocenters. The Morgan fingerprint density at radius 1 is 1.40 bits per heavy atom. The summed E-state index contributed by atoms with van der Waals surface area (Å²) in [6, 6.07) is 0.454. The largest absolute Gasteiger partial charge is 0.336 e. The van der Waals surface area contributed by atoms with E-state index in [-0.39, 0.29) is 5.91 Å². The van der Waals surface area contributed by atoms with Crippen molar-refractivity contribution in [3.63, 3.8) is 0 Å². The second kappa shape index (κ2) is 6.85. The van der Waals surface area contributed by atoms with Crippen molar-refractivity contribution in [1.29, 1.82) is 0 Å². The molecule has 1 aromatic heterocycles. The summed E-state index contributed by atoms with van der Waals surface area (Å²) in [6.07, 6.45) is 5.69. The molecule has 0 spiro atoms. The van der Waals surface area contributed by atoms with Gasteiger partial charge in [-0.05, 0) is 6.42 Å². The van der Waals surface area contributed by atoms with Crippen molar-refractivity contribution in [2.24, 2.45) is 12.8 Å². The number of carbonyl (C=O) groups is 1. The minimum atomic E-state index is 0.0811. The molecule has 1 atom stereocenters. The Bertz CT molecular complexity index is 437. The van der Waals surface area contributed by atoms with Gasteiger partial charge in [0.05, 0.1) is 11.8 Å². The summed E-state index contributed by atoms with van der Waals surface area (Å²) in [6.45, 7) is 6.25. The van der Waals surface area contributed by atoms with Crippen LogP contribution in [0.25, 0.3) is 0 Å². The molecule has 2 rings (SSSR count). The van der Waals surface area contributed by atoms with Crippen LogP contribution in [0.15, 0.2) is 12.4 Å².